The van der Waals surface area contributed by atoms with Gasteiger partial charge in [0.1, 0.15) is 17.3 Å². The van der Waals surface area contributed by atoms with Gasteiger partial charge in [-0.3, -0.25) is 14.3 Å². The second-order valence-electron chi connectivity index (χ2n) is 8.68. The fourth-order valence-corrected chi connectivity index (χ4v) is 4.53. The minimum absolute atomic E-state index is 0.0891. The highest BCUT2D eigenvalue weighted by atomic mass is 16.1. The van der Waals surface area contributed by atoms with Crippen molar-refractivity contribution >= 4 is 22.8 Å². The maximum Gasteiger partial charge on any atom is 0.327 e. The number of imidazole rings is 1. The van der Waals surface area contributed by atoms with Crippen molar-refractivity contribution in [3.05, 3.63) is 81.3 Å². The lowest BCUT2D eigenvalue weighted by Crippen LogP contribution is -2.37. The predicted molar refractivity (Wildman–Crippen MR) is 127 cm³/mol. The van der Waals surface area contributed by atoms with Crippen molar-refractivity contribution in [1.82, 2.24) is 24.5 Å². The van der Waals surface area contributed by atoms with Gasteiger partial charge in [0, 0.05) is 37.0 Å². The van der Waals surface area contributed by atoms with Gasteiger partial charge >= 0.3 is 5.69 Å². The molecule has 0 radical (unpaired) electrons. The first-order valence-electron chi connectivity index (χ1n) is 11.2. The van der Waals surface area contributed by atoms with Crippen LogP contribution in [0.3, 0.4) is 0 Å². The number of aromatic amines is 1. The van der Waals surface area contributed by atoms with Gasteiger partial charge in [-0.1, -0.05) is 12.1 Å². The van der Waals surface area contributed by atoms with Gasteiger partial charge < -0.3 is 4.90 Å². The normalized spacial score (nSPS) is 14.7. The molecule has 8 heteroatoms. The number of nitrogens with one attached hydrogen (secondary N) is 1. The minimum atomic E-state index is -0.124. The number of piperidine rings is 1. The molecule has 1 aromatic carbocycles. The van der Waals surface area contributed by atoms with Gasteiger partial charge in [-0.25, -0.2) is 19.7 Å². The molecule has 0 unspecified atom stereocenters. The number of benzene rings is 1. The molecule has 0 aliphatic carbocycles. The summed E-state index contributed by atoms with van der Waals surface area (Å²) in [5.74, 6) is 1.22. The Balaban J connectivity index is 1.37. The zero-order valence-electron chi connectivity index (χ0n) is 19.0. The number of carbonyl (C=O) groups excluding carboxylic acids is 1. The largest absolute Gasteiger partial charge is 0.356 e. The second-order valence-corrected chi connectivity index (χ2v) is 8.68. The van der Waals surface area contributed by atoms with Gasteiger partial charge in [0.05, 0.1) is 5.52 Å². The maximum atomic E-state index is 13.1. The lowest BCUT2D eigenvalue weighted by Gasteiger charge is -2.33. The van der Waals surface area contributed by atoms with Crippen LogP contribution < -0.4 is 10.6 Å². The molecule has 1 fully saturated rings. The van der Waals surface area contributed by atoms with Crippen molar-refractivity contribution < 1.29 is 4.79 Å². The second kappa shape index (κ2) is 8.27. The SMILES string of the molecule is Cc1nc(C(=O)c2ccc(C)c(C)c2)cc(N2CCC(n3c(=O)[nH]c4ncccc43)CC2)n1. The number of hydrogen-bond acceptors (Lipinski definition) is 6. The minimum Gasteiger partial charge on any atom is -0.356 e. The Morgan fingerprint density at radius 3 is 2.58 bits per heavy atom. The zero-order chi connectivity index (χ0) is 23.1. The van der Waals surface area contributed by atoms with E-state index in [0.29, 0.717) is 22.7 Å². The molecule has 0 amide bonds. The van der Waals surface area contributed by atoms with Crippen LogP contribution >= 0.6 is 0 Å². The van der Waals surface area contributed by atoms with Crippen LogP contribution in [0, 0.1) is 20.8 Å². The van der Waals surface area contributed by atoms with Crippen molar-refractivity contribution in [1.29, 1.82) is 0 Å². The van der Waals surface area contributed by atoms with Crippen LogP contribution in [0.5, 0.6) is 0 Å². The van der Waals surface area contributed by atoms with Crippen LogP contribution in [0.4, 0.5) is 5.82 Å². The molecular formula is C25H26N6O2. The highest BCUT2D eigenvalue weighted by molar-refractivity contribution is 6.08. The average Bonchev–Trinajstić information content (AvgIpc) is 3.15. The van der Waals surface area contributed by atoms with E-state index in [1.54, 1.807) is 12.3 Å². The summed E-state index contributed by atoms with van der Waals surface area (Å²) in [6.07, 6.45) is 3.27. The molecule has 3 aromatic heterocycles. The van der Waals surface area contributed by atoms with Gasteiger partial charge in [-0.15, -0.1) is 0 Å². The number of aryl methyl sites for hydroxylation is 3. The Kier molecular flexibility index (Phi) is 5.28. The summed E-state index contributed by atoms with van der Waals surface area (Å²) in [6, 6.07) is 11.4. The van der Waals surface area contributed by atoms with Crippen molar-refractivity contribution in [2.45, 2.75) is 39.7 Å². The first-order valence-corrected chi connectivity index (χ1v) is 11.2. The topological polar surface area (TPSA) is 96.8 Å². The molecule has 33 heavy (non-hydrogen) atoms. The number of nitrogens with zero attached hydrogens (tertiary/aromatic N) is 5. The van der Waals surface area contributed by atoms with E-state index in [1.807, 2.05) is 55.7 Å². The van der Waals surface area contributed by atoms with Crippen molar-refractivity contribution in [2.24, 2.45) is 0 Å². The lowest BCUT2D eigenvalue weighted by atomic mass is 10.0. The van der Waals surface area contributed by atoms with E-state index in [2.05, 4.69) is 24.8 Å². The fraction of sp³-hybridized carbons (Fsp3) is 0.320. The monoisotopic (exact) mass is 442 g/mol. The molecule has 1 saturated heterocycles. The Bertz CT molecular complexity index is 1410. The number of pyridine rings is 1. The lowest BCUT2D eigenvalue weighted by molar-refractivity contribution is 0.103. The van der Waals surface area contributed by atoms with Crippen molar-refractivity contribution in [3.63, 3.8) is 0 Å². The third-order valence-corrected chi connectivity index (χ3v) is 6.47. The molecule has 4 aromatic rings. The summed E-state index contributed by atoms with van der Waals surface area (Å²) in [6.45, 7) is 7.31. The number of ketones is 1. The third-order valence-electron chi connectivity index (χ3n) is 6.47. The standard InChI is InChI=1S/C25H26N6O2/c1-15-6-7-18(13-16(15)2)23(32)20-14-22(28-17(3)27-20)30-11-8-19(9-12-30)31-21-5-4-10-26-24(21)29-25(31)33/h4-7,10,13-14,19H,8-9,11-12H2,1-3H3,(H,26,29,33). The molecule has 8 nitrogen and oxygen atoms in total. The number of fused-ring (bicyclic) bond motifs is 1. The predicted octanol–water partition coefficient (Wildman–Crippen LogP) is 3.51. The van der Waals surface area contributed by atoms with E-state index < -0.39 is 0 Å². The highest BCUT2D eigenvalue weighted by Gasteiger charge is 2.25. The summed E-state index contributed by atoms with van der Waals surface area (Å²) >= 11 is 0. The molecule has 168 valence electrons. The number of anilines is 1. The van der Waals surface area contributed by atoms with Gasteiger partial charge in [0.15, 0.2) is 5.65 Å². The molecule has 4 heterocycles. The fourth-order valence-electron chi connectivity index (χ4n) is 4.53. The van der Waals surface area contributed by atoms with Crippen LogP contribution in [0.2, 0.25) is 0 Å². The first-order chi connectivity index (χ1) is 15.9. The van der Waals surface area contributed by atoms with E-state index in [9.17, 15) is 9.59 Å². The smallest absolute Gasteiger partial charge is 0.327 e. The summed E-state index contributed by atoms with van der Waals surface area (Å²) in [7, 11) is 0. The number of hydrogen-bond donors (Lipinski definition) is 1. The van der Waals surface area contributed by atoms with Gasteiger partial charge in [0.25, 0.3) is 0 Å². The molecule has 5 rings (SSSR count). The van der Waals surface area contributed by atoms with Gasteiger partial charge in [0.2, 0.25) is 5.78 Å². The molecular weight excluding hydrogens is 416 g/mol. The first kappa shape index (κ1) is 21.1. The Labute approximate surface area is 191 Å². The molecule has 0 saturated carbocycles. The van der Waals surface area contributed by atoms with Crippen LogP contribution in [-0.4, -0.2) is 43.4 Å². The van der Waals surface area contributed by atoms with E-state index in [1.165, 1.54) is 0 Å². The molecule has 1 aliphatic rings. The maximum absolute atomic E-state index is 13.1. The highest BCUT2D eigenvalue weighted by Crippen LogP contribution is 2.27. The van der Waals surface area contributed by atoms with Crippen LogP contribution in [0.1, 0.15) is 51.9 Å². The van der Waals surface area contributed by atoms with Crippen molar-refractivity contribution in [2.75, 3.05) is 18.0 Å². The number of rotatable bonds is 4. The third kappa shape index (κ3) is 3.92. The Morgan fingerprint density at radius 2 is 1.82 bits per heavy atom. The van der Waals surface area contributed by atoms with E-state index >= 15 is 0 Å². The summed E-state index contributed by atoms with van der Waals surface area (Å²) < 4.78 is 1.82. The Morgan fingerprint density at radius 1 is 1.03 bits per heavy atom. The van der Waals surface area contributed by atoms with Gasteiger partial charge in [-0.2, -0.15) is 0 Å². The molecule has 0 spiro atoms. The van der Waals surface area contributed by atoms with E-state index in [4.69, 9.17) is 0 Å². The zero-order valence-corrected chi connectivity index (χ0v) is 19.0. The molecule has 1 aliphatic heterocycles. The summed E-state index contributed by atoms with van der Waals surface area (Å²) in [5.41, 5.74) is 4.60. The van der Waals surface area contributed by atoms with Gasteiger partial charge in [-0.05, 0) is 62.9 Å². The average molecular weight is 443 g/mol. The number of aromatic nitrogens is 5. The van der Waals surface area contributed by atoms with E-state index in [-0.39, 0.29) is 17.5 Å². The molecule has 1 N–H and O–H groups in total. The molecule has 0 atom stereocenters. The summed E-state index contributed by atoms with van der Waals surface area (Å²) in [5, 5.41) is 0. The van der Waals surface area contributed by atoms with Crippen LogP contribution in [0.25, 0.3) is 11.2 Å². The summed E-state index contributed by atoms with van der Waals surface area (Å²) in [4.78, 5) is 43.9. The number of carbonyl (C=O) groups is 1. The van der Waals surface area contributed by atoms with E-state index in [0.717, 1.165) is 48.4 Å². The van der Waals surface area contributed by atoms with Crippen molar-refractivity contribution in [3.8, 4) is 0 Å². The Hall–Kier alpha value is -3.81. The molecule has 0 bridgehead atoms. The van der Waals surface area contributed by atoms with Crippen LogP contribution in [0.15, 0.2) is 47.4 Å². The number of H-pyrrole nitrogens is 1. The van der Waals surface area contributed by atoms with Crippen LogP contribution in [-0.2, 0) is 0 Å². The quantitative estimate of drug-likeness (QED) is 0.486.